The van der Waals surface area contributed by atoms with Crippen molar-refractivity contribution in [3.63, 3.8) is 0 Å². The zero-order chi connectivity index (χ0) is 8.27. The summed E-state index contributed by atoms with van der Waals surface area (Å²) in [7, 11) is 2.13. The normalized spacial score (nSPS) is 19.3. The van der Waals surface area contributed by atoms with Crippen LogP contribution in [0, 0.1) is 0 Å². The van der Waals surface area contributed by atoms with Crippen LogP contribution in [0.1, 0.15) is 20.3 Å². The Morgan fingerprint density at radius 2 is 1.91 bits per heavy atom. The average molecular weight is 154 g/mol. The van der Waals surface area contributed by atoms with Gasteiger partial charge in [-0.05, 0) is 20.3 Å². The average Bonchev–Trinajstić information content (AvgIpc) is 2.13. The molecule has 1 aliphatic heterocycles. The molecule has 0 radical (unpaired) electrons. The Bertz CT molecular complexity index is 140. The van der Waals surface area contributed by atoms with Crippen molar-refractivity contribution in [2.75, 3.05) is 20.1 Å². The maximum atomic E-state index is 2.38. The molecule has 0 aromatic rings. The summed E-state index contributed by atoms with van der Waals surface area (Å²) in [6.07, 6.45) is 5.62. The Labute approximate surface area is 69.5 Å². The third-order valence-corrected chi connectivity index (χ3v) is 2.10. The molecule has 0 atom stereocenters. The van der Waals surface area contributed by atoms with Crippen molar-refractivity contribution in [3.05, 3.63) is 12.4 Å². The molecule has 1 rings (SSSR count). The van der Waals surface area contributed by atoms with E-state index in [1.54, 1.807) is 0 Å². The molecule has 1 aliphatic rings. The van der Waals surface area contributed by atoms with Crippen molar-refractivity contribution < 1.29 is 0 Å². The second kappa shape index (κ2) is 3.65. The summed E-state index contributed by atoms with van der Waals surface area (Å²) in [5.74, 6) is 0. The van der Waals surface area contributed by atoms with Gasteiger partial charge in [0.2, 0.25) is 0 Å². The van der Waals surface area contributed by atoms with Gasteiger partial charge in [-0.15, -0.1) is 0 Å². The van der Waals surface area contributed by atoms with Gasteiger partial charge in [-0.25, -0.2) is 0 Å². The quantitative estimate of drug-likeness (QED) is 0.565. The molecule has 2 nitrogen and oxygen atoms in total. The molecular weight excluding hydrogens is 136 g/mol. The van der Waals surface area contributed by atoms with Crippen molar-refractivity contribution in [2.24, 2.45) is 0 Å². The molecule has 0 unspecified atom stereocenters. The molecule has 0 N–H and O–H groups in total. The number of hydrogen-bond donors (Lipinski definition) is 0. The lowest BCUT2D eigenvalue weighted by molar-refractivity contribution is 0.310. The van der Waals surface area contributed by atoms with Crippen molar-refractivity contribution in [2.45, 2.75) is 26.3 Å². The van der Waals surface area contributed by atoms with E-state index in [9.17, 15) is 0 Å². The highest BCUT2D eigenvalue weighted by atomic mass is 15.2. The molecule has 0 aromatic carbocycles. The van der Waals surface area contributed by atoms with E-state index in [0.29, 0.717) is 6.04 Å². The van der Waals surface area contributed by atoms with Gasteiger partial charge in [-0.3, -0.25) is 0 Å². The van der Waals surface area contributed by atoms with Crippen molar-refractivity contribution in [1.82, 2.24) is 9.80 Å². The zero-order valence-electron chi connectivity index (χ0n) is 7.75. The summed E-state index contributed by atoms with van der Waals surface area (Å²) in [5.41, 5.74) is 0. The van der Waals surface area contributed by atoms with Crippen LogP contribution in [-0.4, -0.2) is 36.0 Å². The van der Waals surface area contributed by atoms with Crippen LogP contribution in [0.15, 0.2) is 12.4 Å². The first-order chi connectivity index (χ1) is 5.20. The minimum absolute atomic E-state index is 0.637. The smallest absolute Gasteiger partial charge is 0.0228 e. The third-order valence-electron chi connectivity index (χ3n) is 2.10. The van der Waals surface area contributed by atoms with E-state index in [1.807, 2.05) is 0 Å². The van der Waals surface area contributed by atoms with Gasteiger partial charge >= 0.3 is 0 Å². The van der Waals surface area contributed by atoms with Crippen LogP contribution < -0.4 is 0 Å². The first kappa shape index (κ1) is 8.44. The fraction of sp³-hybridized carbons (Fsp3) is 0.778. The molecule has 11 heavy (non-hydrogen) atoms. The molecule has 64 valence electrons. The first-order valence-corrected chi connectivity index (χ1v) is 4.34. The van der Waals surface area contributed by atoms with Gasteiger partial charge in [0.15, 0.2) is 0 Å². The van der Waals surface area contributed by atoms with E-state index in [0.717, 1.165) is 0 Å². The van der Waals surface area contributed by atoms with Crippen molar-refractivity contribution in [3.8, 4) is 0 Å². The summed E-state index contributed by atoms with van der Waals surface area (Å²) in [5, 5.41) is 0. The fourth-order valence-corrected chi connectivity index (χ4v) is 1.28. The lowest BCUT2D eigenvalue weighted by Gasteiger charge is -2.22. The Hall–Kier alpha value is -0.660. The Balaban J connectivity index is 2.49. The van der Waals surface area contributed by atoms with Crippen LogP contribution in [0.4, 0.5) is 0 Å². The largest absolute Gasteiger partial charge is 0.379 e. The monoisotopic (exact) mass is 154 g/mol. The van der Waals surface area contributed by atoms with Gasteiger partial charge in [-0.1, -0.05) is 0 Å². The standard InChI is InChI=1S/C9H18N2/c1-9(2)11-6-4-5-10(3)7-8-11/h7-9H,4-6H2,1-3H3. The minimum Gasteiger partial charge on any atom is -0.379 e. The van der Waals surface area contributed by atoms with Gasteiger partial charge in [0.25, 0.3) is 0 Å². The SMILES string of the molecule is CC(C)N1C=CN(C)CCC1. The second-order valence-electron chi connectivity index (χ2n) is 3.46. The van der Waals surface area contributed by atoms with E-state index in [-0.39, 0.29) is 0 Å². The van der Waals surface area contributed by atoms with Crippen LogP contribution in [-0.2, 0) is 0 Å². The molecule has 1 heterocycles. The molecular formula is C9H18N2. The van der Waals surface area contributed by atoms with Gasteiger partial charge < -0.3 is 9.80 Å². The van der Waals surface area contributed by atoms with Crippen molar-refractivity contribution in [1.29, 1.82) is 0 Å². The van der Waals surface area contributed by atoms with E-state index < -0.39 is 0 Å². The minimum atomic E-state index is 0.637. The van der Waals surface area contributed by atoms with Crippen LogP contribution >= 0.6 is 0 Å². The molecule has 0 amide bonds. The summed E-state index contributed by atoms with van der Waals surface area (Å²) in [6, 6.07) is 0.637. The fourth-order valence-electron chi connectivity index (χ4n) is 1.28. The highest BCUT2D eigenvalue weighted by molar-refractivity contribution is 4.86. The summed E-state index contributed by atoms with van der Waals surface area (Å²) < 4.78 is 0. The third kappa shape index (κ3) is 2.45. The zero-order valence-corrected chi connectivity index (χ0v) is 7.75. The van der Waals surface area contributed by atoms with Crippen LogP contribution in [0.3, 0.4) is 0 Å². The molecule has 0 aliphatic carbocycles. The molecule has 0 bridgehead atoms. The summed E-state index contributed by atoms with van der Waals surface area (Å²) in [4.78, 5) is 4.62. The van der Waals surface area contributed by atoms with E-state index in [1.165, 1.54) is 19.5 Å². The first-order valence-electron chi connectivity index (χ1n) is 4.34. The molecule has 0 saturated carbocycles. The maximum absolute atomic E-state index is 2.38. The molecule has 0 fully saturated rings. The van der Waals surface area contributed by atoms with Gasteiger partial charge in [-0.2, -0.15) is 0 Å². The predicted octanol–water partition coefficient (Wildman–Crippen LogP) is 1.50. The van der Waals surface area contributed by atoms with Crippen LogP contribution in [0.5, 0.6) is 0 Å². The van der Waals surface area contributed by atoms with Gasteiger partial charge in [0, 0.05) is 38.6 Å². The lowest BCUT2D eigenvalue weighted by atomic mass is 10.3. The molecule has 0 saturated heterocycles. The highest BCUT2D eigenvalue weighted by Crippen LogP contribution is 2.05. The molecule has 0 aromatic heterocycles. The molecule has 2 heteroatoms. The number of hydrogen-bond acceptors (Lipinski definition) is 2. The van der Waals surface area contributed by atoms with Gasteiger partial charge in [0.1, 0.15) is 0 Å². The summed E-state index contributed by atoms with van der Waals surface area (Å²) >= 11 is 0. The Kier molecular flexibility index (Phi) is 2.80. The van der Waals surface area contributed by atoms with Gasteiger partial charge in [0.05, 0.1) is 0 Å². The lowest BCUT2D eigenvalue weighted by Crippen LogP contribution is -2.25. The van der Waals surface area contributed by atoms with Crippen LogP contribution in [0.25, 0.3) is 0 Å². The topological polar surface area (TPSA) is 6.48 Å². The number of rotatable bonds is 1. The maximum Gasteiger partial charge on any atom is 0.0228 e. The van der Waals surface area contributed by atoms with E-state index >= 15 is 0 Å². The van der Waals surface area contributed by atoms with Crippen LogP contribution in [0.2, 0.25) is 0 Å². The predicted molar refractivity (Wildman–Crippen MR) is 48.2 cm³/mol. The highest BCUT2D eigenvalue weighted by Gasteiger charge is 2.07. The number of nitrogens with zero attached hydrogens (tertiary/aromatic N) is 2. The summed E-state index contributed by atoms with van der Waals surface area (Å²) in [6.45, 7) is 6.84. The van der Waals surface area contributed by atoms with Crippen molar-refractivity contribution >= 4 is 0 Å². The molecule has 0 spiro atoms. The Morgan fingerprint density at radius 1 is 1.18 bits per heavy atom. The van der Waals surface area contributed by atoms with E-state index in [2.05, 4.69) is 43.1 Å². The Morgan fingerprint density at radius 3 is 2.55 bits per heavy atom. The van der Waals surface area contributed by atoms with E-state index in [4.69, 9.17) is 0 Å². The second-order valence-corrected chi connectivity index (χ2v) is 3.46.